The second kappa shape index (κ2) is 9.79. The minimum atomic E-state index is -3.42. The van der Waals surface area contributed by atoms with Gasteiger partial charge in [0.05, 0.1) is 27.9 Å². The van der Waals surface area contributed by atoms with E-state index in [0.717, 1.165) is 6.42 Å². The Morgan fingerprint density at radius 2 is 1.94 bits per heavy atom. The smallest absolute Gasteiger partial charge is 0.322 e. The normalized spacial score (nSPS) is 11.5. The van der Waals surface area contributed by atoms with Crippen LogP contribution in [-0.2, 0) is 22.6 Å². The van der Waals surface area contributed by atoms with Crippen molar-refractivity contribution in [2.24, 2.45) is 7.05 Å². The molecule has 0 N–H and O–H groups in total. The Labute approximate surface area is 190 Å². The van der Waals surface area contributed by atoms with Gasteiger partial charge in [-0.2, -0.15) is 9.97 Å². The number of halogens is 2. The van der Waals surface area contributed by atoms with Crippen LogP contribution >= 0.6 is 11.6 Å². The molecule has 170 valence electrons. The molecule has 3 aromatic rings. The lowest BCUT2D eigenvalue weighted by Gasteiger charge is -2.12. The monoisotopic (exact) mass is 479 g/mol. The zero-order valence-corrected chi connectivity index (χ0v) is 19.5. The highest BCUT2D eigenvalue weighted by Gasteiger charge is 2.19. The SMILES string of the molecule is CCCCS(=O)(=O)Cc1cc(-c2ccc(=O)n(C)c2)nc(Oc2c(F)ccc(C)c2Cl)n1. The molecule has 0 amide bonds. The molecule has 10 heteroatoms. The van der Waals surface area contributed by atoms with Crippen LogP contribution in [0.4, 0.5) is 4.39 Å². The second-order valence-electron chi connectivity index (χ2n) is 7.45. The topological polar surface area (TPSA) is 91.2 Å². The molecule has 0 radical (unpaired) electrons. The van der Waals surface area contributed by atoms with Crippen LogP contribution in [0.2, 0.25) is 5.02 Å². The number of ether oxygens (including phenoxy) is 1. The van der Waals surface area contributed by atoms with Gasteiger partial charge in [0.25, 0.3) is 0 Å². The maximum Gasteiger partial charge on any atom is 0.322 e. The molecule has 3 rings (SSSR count). The lowest BCUT2D eigenvalue weighted by Crippen LogP contribution is -2.14. The predicted octanol–water partition coefficient (Wildman–Crippen LogP) is 4.45. The van der Waals surface area contributed by atoms with E-state index in [4.69, 9.17) is 16.3 Å². The molecule has 0 bridgehead atoms. The zero-order valence-electron chi connectivity index (χ0n) is 17.9. The van der Waals surface area contributed by atoms with Gasteiger partial charge in [0.15, 0.2) is 21.4 Å². The van der Waals surface area contributed by atoms with Crippen molar-refractivity contribution in [3.05, 3.63) is 69.0 Å². The largest absolute Gasteiger partial charge is 0.420 e. The average molecular weight is 480 g/mol. The third kappa shape index (κ3) is 5.72. The second-order valence-corrected chi connectivity index (χ2v) is 10.0. The van der Waals surface area contributed by atoms with Gasteiger partial charge in [0, 0.05) is 24.9 Å². The van der Waals surface area contributed by atoms with Crippen molar-refractivity contribution >= 4 is 21.4 Å². The summed E-state index contributed by atoms with van der Waals surface area (Å²) < 4.78 is 46.3. The fourth-order valence-electron chi connectivity index (χ4n) is 2.96. The summed E-state index contributed by atoms with van der Waals surface area (Å²) in [5, 5.41) is 0.0678. The summed E-state index contributed by atoms with van der Waals surface area (Å²) in [4.78, 5) is 20.2. The summed E-state index contributed by atoms with van der Waals surface area (Å²) in [6, 6.07) is 6.92. The number of pyridine rings is 1. The molecule has 0 fully saturated rings. The zero-order chi connectivity index (χ0) is 23.5. The fraction of sp³-hybridized carbons (Fsp3) is 0.318. The Hall–Kier alpha value is -2.78. The number of rotatable bonds is 8. The molecule has 0 unspecified atom stereocenters. The minimum Gasteiger partial charge on any atom is -0.420 e. The van der Waals surface area contributed by atoms with Crippen LogP contribution in [0.25, 0.3) is 11.3 Å². The molecule has 2 heterocycles. The van der Waals surface area contributed by atoms with E-state index in [-0.39, 0.29) is 39.5 Å². The van der Waals surface area contributed by atoms with Crippen LogP contribution in [-0.4, -0.2) is 28.7 Å². The number of hydrogen-bond donors (Lipinski definition) is 0. The van der Waals surface area contributed by atoms with Gasteiger partial charge in [-0.25, -0.2) is 12.8 Å². The molecule has 32 heavy (non-hydrogen) atoms. The highest BCUT2D eigenvalue weighted by molar-refractivity contribution is 7.90. The van der Waals surface area contributed by atoms with E-state index in [2.05, 4.69) is 9.97 Å². The van der Waals surface area contributed by atoms with E-state index in [9.17, 15) is 17.6 Å². The van der Waals surface area contributed by atoms with Crippen LogP contribution in [0, 0.1) is 12.7 Å². The minimum absolute atomic E-state index is 0.0250. The lowest BCUT2D eigenvalue weighted by molar-refractivity contribution is 0.410. The first kappa shape index (κ1) is 23.9. The van der Waals surface area contributed by atoms with Crippen LogP contribution in [0.5, 0.6) is 11.8 Å². The molecule has 0 aliphatic rings. The molecule has 0 saturated heterocycles. The quantitative estimate of drug-likeness (QED) is 0.474. The molecule has 7 nitrogen and oxygen atoms in total. The van der Waals surface area contributed by atoms with E-state index in [1.807, 2.05) is 6.92 Å². The summed E-state index contributed by atoms with van der Waals surface area (Å²) in [5.74, 6) is -1.25. The molecule has 0 atom stereocenters. The van der Waals surface area contributed by atoms with Gasteiger partial charge in [-0.05, 0) is 37.1 Å². The molecule has 1 aromatic carbocycles. The summed E-state index contributed by atoms with van der Waals surface area (Å²) in [7, 11) is -1.84. The van der Waals surface area contributed by atoms with Crippen LogP contribution < -0.4 is 10.3 Å². The van der Waals surface area contributed by atoms with Gasteiger partial charge in [0.2, 0.25) is 5.56 Å². The molecule has 0 spiro atoms. The van der Waals surface area contributed by atoms with Crippen molar-refractivity contribution in [2.75, 3.05) is 5.75 Å². The van der Waals surface area contributed by atoms with Gasteiger partial charge in [-0.1, -0.05) is 31.0 Å². The van der Waals surface area contributed by atoms with E-state index in [1.54, 1.807) is 26.2 Å². The first-order valence-corrected chi connectivity index (χ1v) is 12.2. The molecular weight excluding hydrogens is 457 g/mol. The van der Waals surface area contributed by atoms with Gasteiger partial charge in [-0.15, -0.1) is 0 Å². The van der Waals surface area contributed by atoms with Gasteiger partial charge in [0.1, 0.15) is 0 Å². The average Bonchev–Trinajstić information content (AvgIpc) is 2.74. The Balaban J connectivity index is 2.09. The maximum absolute atomic E-state index is 14.3. The number of unbranched alkanes of at least 4 members (excludes halogenated alkanes) is 1. The number of hydrogen-bond acceptors (Lipinski definition) is 6. The Morgan fingerprint density at radius 1 is 1.19 bits per heavy atom. The molecule has 0 saturated carbocycles. The van der Waals surface area contributed by atoms with Crippen molar-refractivity contribution in [3.63, 3.8) is 0 Å². The Morgan fingerprint density at radius 3 is 2.62 bits per heavy atom. The van der Waals surface area contributed by atoms with Crippen molar-refractivity contribution in [3.8, 4) is 23.0 Å². The lowest BCUT2D eigenvalue weighted by atomic mass is 10.2. The van der Waals surface area contributed by atoms with Crippen molar-refractivity contribution in [1.29, 1.82) is 0 Å². The van der Waals surface area contributed by atoms with E-state index < -0.39 is 15.7 Å². The van der Waals surface area contributed by atoms with Crippen LogP contribution in [0.15, 0.2) is 41.3 Å². The highest BCUT2D eigenvalue weighted by atomic mass is 35.5. The van der Waals surface area contributed by atoms with Gasteiger partial charge < -0.3 is 9.30 Å². The number of nitrogens with zero attached hydrogens (tertiary/aromatic N) is 3. The first-order valence-electron chi connectivity index (χ1n) is 9.97. The number of benzene rings is 1. The van der Waals surface area contributed by atoms with Crippen LogP contribution in [0.3, 0.4) is 0 Å². The third-order valence-electron chi connectivity index (χ3n) is 4.75. The van der Waals surface area contributed by atoms with Gasteiger partial charge in [-0.3, -0.25) is 4.79 Å². The summed E-state index contributed by atoms with van der Waals surface area (Å²) in [5.41, 5.74) is 1.45. The molecule has 0 aliphatic heterocycles. The third-order valence-corrected chi connectivity index (χ3v) is 6.87. The molecular formula is C22H23ClFN3O4S. The Bertz CT molecular complexity index is 1310. The molecule has 2 aromatic heterocycles. The maximum atomic E-state index is 14.3. The number of sulfone groups is 1. The first-order chi connectivity index (χ1) is 15.1. The number of aromatic nitrogens is 3. The van der Waals surface area contributed by atoms with E-state index >= 15 is 0 Å². The van der Waals surface area contributed by atoms with Crippen molar-refractivity contribution in [2.45, 2.75) is 32.4 Å². The standard InChI is InChI=1S/C22H23ClFN3O4S/c1-4-5-10-32(29,30)13-16-11-18(15-7-9-19(28)27(3)12-15)26-22(25-16)31-21-17(24)8-6-14(2)20(21)23/h6-9,11-12H,4-5,10,13H2,1-3H3. The summed E-state index contributed by atoms with van der Waals surface area (Å²) >= 11 is 6.19. The summed E-state index contributed by atoms with van der Waals surface area (Å²) in [6.07, 6.45) is 2.84. The fourth-order valence-corrected chi connectivity index (χ4v) is 4.63. The summed E-state index contributed by atoms with van der Waals surface area (Å²) in [6.45, 7) is 3.60. The van der Waals surface area contributed by atoms with Crippen LogP contribution in [0.1, 0.15) is 31.0 Å². The van der Waals surface area contributed by atoms with Crippen molar-refractivity contribution < 1.29 is 17.5 Å². The van der Waals surface area contributed by atoms with Gasteiger partial charge >= 0.3 is 6.01 Å². The molecule has 0 aliphatic carbocycles. The van der Waals surface area contributed by atoms with E-state index in [1.165, 1.54) is 28.8 Å². The van der Waals surface area contributed by atoms with E-state index in [0.29, 0.717) is 23.2 Å². The highest BCUT2D eigenvalue weighted by Crippen LogP contribution is 2.34. The Kier molecular flexibility index (Phi) is 7.30. The number of aryl methyl sites for hydroxylation is 2. The van der Waals surface area contributed by atoms with Crippen molar-refractivity contribution in [1.82, 2.24) is 14.5 Å². The predicted molar refractivity (Wildman–Crippen MR) is 121 cm³/mol.